The van der Waals surface area contributed by atoms with Crippen LogP contribution in [0.15, 0.2) is 83.7 Å². The summed E-state index contributed by atoms with van der Waals surface area (Å²) in [6.07, 6.45) is -9.34. The molecule has 1 saturated heterocycles. The molecular formula is C67H73N7O21. The van der Waals surface area contributed by atoms with E-state index in [2.05, 4.69) is 26.6 Å². The summed E-state index contributed by atoms with van der Waals surface area (Å²) in [5.74, 6) is -4.23. The van der Waals surface area contributed by atoms with Crippen molar-refractivity contribution in [3.63, 3.8) is 0 Å². The molecule has 0 unspecified atom stereocenters. The van der Waals surface area contributed by atoms with E-state index >= 15 is 0 Å². The van der Waals surface area contributed by atoms with Crippen molar-refractivity contribution in [1.29, 1.82) is 0 Å². The van der Waals surface area contributed by atoms with E-state index in [0.29, 0.717) is 60.1 Å². The summed E-state index contributed by atoms with van der Waals surface area (Å²) in [4.78, 5) is 112. The molecule has 1 fully saturated rings. The van der Waals surface area contributed by atoms with Gasteiger partial charge in [-0.15, -0.1) is 0 Å². The van der Waals surface area contributed by atoms with E-state index in [0.717, 1.165) is 34.2 Å². The Morgan fingerprint density at radius 2 is 1.56 bits per heavy atom. The van der Waals surface area contributed by atoms with E-state index in [9.17, 15) is 63.9 Å². The minimum Gasteiger partial charge on any atom is -0.479 e. The highest BCUT2D eigenvalue weighted by Gasteiger charge is 2.49. The lowest BCUT2D eigenvalue weighted by molar-refractivity contribution is -0.271. The normalized spacial score (nSPS) is 19.8. The van der Waals surface area contributed by atoms with Crippen LogP contribution in [0.5, 0.6) is 17.2 Å². The third-order valence-electron chi connectivity index (χ3n) is 17.6. The molecule has 2 aromatic heterocycles. The number of nitrogens with zero attached hydrogens (tertiary/aromatic N) is 2. The first kappa shape index (κ1) is 66.7. The molecule has 0 bridgehead atoms. The van der Waals surface area contributed by atoms with Crippen LogP contribution in [0.3, 0.4) is 0 Å². The number of carbonyl (C=O) groups excluding carboxylic acids is 6. The van der Waals surface area contributed by atoms with Gasteiger partial charge in [-0.3, -0.25) is 24.5 Å². The number of esters is 1. The van der Waals surface area contributed by atoms with Crippen molar-refractivity contribution in [1.82, 2.24) is 25.5 Å². The lowest BCUT2D eigenvalue weighted by atomic mass is 9.86. The maximum Gasteiger partial charge on any atom is 0.412 e. The maximum atomic E-state index is 14.2. The molecule has 95 heavy (non-hydrogen) atoms. The molecule has 0 saturated carbocycles. The van der Waals surface area contributed by atoms with Crippen molar-refractivity contribution in [3.8, 4) is 39.8 Å². The van der Waals surface area contributed by atoms with E-state index in [1.807, 2.05) is 55.5 Å². The van der Waals surface area contributed by atoms with E-state index in [1.165, 1.54) is 29.9 Å². The van der Waals surface area contributed by atoms with Crippen LogP contribution in [0.4, 0.5) is 21.0 Å². The highest BCUT2D eigenvalue weighted by molar-refractivity contribution is 6.07. The summed E-state index contributed by atoms with van der Waals surface area (Å²) in [6, 6.07) is 21.8. The molecular weight excluding hydrogens is 1240 g/mol. The number of amides is 5. The zero-order valence-corrected chi connectivity index (χ0v) is 52.2. The van der Waals surface area contributed by atoms with Crippen LogP contribution in [-0.4, -0.2) is 154 Å². The van der Waals surface area contributed by atoms with Gasteiger partial charge in [0.1, 0.15) is 55.6 Å². The average molecular weight is 1310 g/mol. The molecule has 7 atom stereocenters. The number of carbonyl (C=O) groups is 7. The maximum absolute atomic E-state index is 14.2. The van der Waals surface area contributed by atoms with Crippen molar-refractivity contribution >= 4 is 64.1 Å². The first-order valence-electron chi connectivity index (χ1n) is 31.4. The Morgan fingerprint density at radius 1 is 0.800 bits per heavy atom. The molecule has 0 radical (unpaired) electrons. The predicted molar refractivity (Wildman–Crippen MR) is 336 cm³/mol. The lowest BCUT2D eigenvalue weighted by Crippen LogP contribution is -2.61. The number of unbranched alkanes of at least 4 members (excludes halogenated alkanes) is 2. The Hall–Kier alpha value is -9.71. The molecule has 28 heteroatoms. The summed E-state index contributed by atoms with van der Waals surface area (Å²) in [7, 11) is 1.49. The number of aryl methyl sites for hydroxylation is 1. The van der Waals surface area contributed by atoms with Gasteiger partial charge < -0.3 is 89.3 Å². The van der Waals surface area contributed by atoms with Crippen LogP contribution in [0.2, 0.25) is 0 Å². The van der Waals surface area contributed by atoms with Crippen LogP contribution in [-0.2, 0) is 79.4 Å². The number of carboxylic acid groups (broad SMARTS) is 1. The minimum atomic E-state index is -2.06. The Labute approximate surface area is 543 Å². The molecule has 5 amide bonds. The Balaban J connectivity index is 0.800. The Bertz CT molecular complexity index is 4000. The number of anilines is 2. The summed E-state index contributed by atoms with van der Waals surface area (Å²) < 4.78 is 46.4. The van der Waals surface area contributed by atoms with Crippen molar-refractivity contribution in [2.45, 2.75) is 140 Å². The quantitative estimate of drug-likeness (QED) is 0.0197. The highest BCUT2D eigenvalue weighted by atomic mass is 16.7. The number of cyclic esters (lactones) is 1. The molecule has 1 aliphatic carbocycles. The molecule has 11 rings (SSSR count). The van der Waals surface area contributed by atoms with Crippen LogP contribution < -0.4 is 46.4 Å². The highest BCUT2D eigenvalue weighted by Crippen LogP contribution is 2.50. The first-order chi connectivity index (χ1) is 45.8. The number of fused-ring (bicyclic) bond motifs is 9. The number of pyridine rings is 2. The lowest BCUT2D eigenvalue weighted by Gasteiger charge is -2.38. The van der Waals surface area contributed by atoms with Crippen molar-refractivity contribution < 1.29 is 97.0 Å². The molecule has 28 nitrogen and oxygen atoms in total. The molecule has 5 aliphatic rings. The average Bonchev–Trinajstić information content (AvgIpc) is 1.61. The third-order valence-corrected chi connectivity index (χ3v) is 17.6. The molecule has 502 valence electrons. The number of alkyl carbamates (subject to hydrolysis) is 1. The van der Waals surface area contributed by atoms with Gasteiger partial charge in [0.05, 0.1) is 41.3 Å². The summed E-state index contributed by atoms with van der Waals surface area (Å²) in [6.45, 7) is 2.93. The van der Waals surface area contributed by atoms with E-state index in [1.54, 1.807) is 19.1 Å². The van der Waals surface area contributed by atoms with Gasteiger partial charge in [0.15, 0.2) is 23.2 Å². The monoisotopic (exact) mass is 1310 g/mol. The molecule has 6 aromatic rings. The van der Waals surface area contributed by atoms with Gasteiger partial charge in [-0.25, -0.2) is 24.2 Å². The zero-order chi connectivity index (χ0) is 67.2. The fourth-order valence-corrected chi connectivity index (χ4v) is 12.5. The number of aliphatic hydroxyl groups excluding tert-OH is 3. The van der Waals surface area contributed by atoms with Crippen LogP contribution in [0, 0.1) is 0 Å². The standard InChI is InChI=1S/C67H73N7O21/c1-4-6-13-39-40-29-74-47(27-43-42(61(74)81)32-89-64(84)67(43,87)5-2)53(40)71-46-28-49-58(93-33-92-49)54(52(39)46)73-66(86)90-30-34-19-20-48(94-63-57(79)55(77)56(78)59(95-63)62(82)83)45(26-34)70-51(76)21-24-69-60(80)44(18-11-12-23-68-50(75)22-25-88-3)72-65(85)91-31-41-37-16-9-7-14-35(37)36-15-8-10-17-38(36)41/h7-10,14-17,19-20,26-28,41,44,55-57,59,63,77-79,87H,4-6,11-13,18,21-25,29-33H2,1-3H3,(H,68,75)(H,69,80)(H,70,76)(H,72,85)(H,73,86)(H,82,83)/t44-,55-,56-,57+,59-,63+,67-/m0/s1. The van der Waals surface area contributed by atoms with Crippen LogP contribution in [0.25, 0.3) is 33.4 Å². The van der Waals surface area contributed by atoms with E-state index in [4.69, 9.17) is 42.9 Å². The Kier molecular flexibility index (Phi) is 20.3. The van der Waals surface area contributed by atoms with Gasteiger partial charge in [0.2, 0.25) is 30.8 Å². The molecule has 6 heterocycles. The number of hydrogen-bond donors (Lipinski definition) is 10. The molecule has 4 aromatic carbocycles. The van der Waals surface area contributed by atoms with Crippen molar-refractivity contribution in [3.05, 3.63) is 128 Å². The first-order valence-corrected chi connectivity index (χ1v) is 31.4. The number of nitrogens with one attached hydrogen (secondary N) is 5. The van der Waals surface area contributed by atoms with Crippen LogP contribution >= 0.6 is 0 Å². The number of carboxylic acids is 1. The largest absolute Gasteiger partial charge is 0.479 e. The number of methoxy groups -OCH3 is 1. The third kappa shape index (κ3) is 13.8. The van der Waals surface area contributed by atoms with E-state index < -0.39 is 96.9 Å². The summed E-state index contributed by atoms with van der Waals surface area (Å²) in [5, 5.41) is 67.3. The fourth-order valence-electron chi connectivity index (χ4n) is 12.5. The second kappa shape index (κ2) is 28.9. The Morgan fingerprint density at radius 3 is 2.28 bits per heavy atom. The summed E-state index contributed by atoms with van der Waals surface area (Å²) in [5.41, 5.74) is 4.62. The van der Waals surface area contributed by atoms with Gasteiger partial charge in [0.25, 0.3) is 5.56 Å². The van der Waals surface area contributed by atoms with Crippen LogP contribution in [0.1, 0.15) is 110 Å². The minimum absolute atomic E-state index is 0.0264. The number of rotatable bonds is 26. The molecule has 10 N–H and O–H groups in total. The SMILES string of the molecule is CCCCc1c2c(nc3cc4c(c(NC(=O)OCc5ccc(O[C@@H]6O[C@H](C(=O)O)[C@@H](O)[C@H](O)[C@H]6O)c(NC(=O)CCNC(=O)[C@H](CCCCNC(=O)CCOC)NC(=O)OCC6c7ccccc7-c7ccccc76)c5)c13)OCO4)-c1cc3c(c(=O)n1C2)COC(=O)[C@]3(O)CC. The van der Waals surface area contributed by atoms with Gasteiger partial charge in [-0.2, -0.15) is 0 Å². The molecule has 4 aliphatic heterocycles. The zero-order valence-electron chi connectivity index (χ0n) is 52.2. The summed E-state index contributed by atoms with van der Waals surface area (Å²) >= 11 is 0. The number of hydrogen-bond acceptors (Lipinski definition) is 21. The number of benzene rings is 4. The fraction of sp³-hybridized carbons (Fsp3) is 0.418. The van der Waals surface area contributed by atoms with Gasteiger partial charge in [-0.05, 0) is 90.1 Å². The van der Waals surface area contributed by atoms with Crippen molar-refractivity contribution in [2.24, 2.45) is 0 Å². The topological polar surface area (TPSA) is 390 Å². The second-order valence-corrected chi connectivity index (χ2v) is 23.6. The second-order valence-electron chi connectivity index (χ2n) is 23.6. The predicted octanol–water partition coefficient (Wildman–Crippen LogP) is 4.85. The molecule has 0 spiro atoms. The van der Waals surface area contributed by atoms with E-state index in [-0.39, 0.29) is 116 Å². The number of aromatic nitrogens is 2. The smallest absolute Gasteiger partial charge is 0.412 e. The number of aliphatic hydroxyl groups is 4. The van der Waals surface area contributed by atoms with Gasteiger partial charge in [0, 0.05) is 61.5 Å². The number of ether oxygens (including phenoxy) is 8. The van der Waals surface area contributed by atoms with Gasteiger partial charge >= 0.3 is 24.1 Å². The van der Waals surface area contributed by atoms with Gasteiger partial charge in [-0.1, -0.05) is 74.9 Å². The van der Waals surface area contributed by atoms with Crippen molar-refractivity contribution in [2.75, 3.05) is 50.8 Å². The number of aliphatic carboxylic acids is 1.